The molecule has 3 aromatic rings. The summed E-state index contributed by atoms with van der Waals surface area (Å²) in [6.07, 6.45) is 2.75. The largest absolute Gasteiger partial charge is 0.497 e. The van der Waals surface area contributed by atoms with Gasteiger partial charge < -0.3 is 24.1 Å². The van der Waals surface area contributed by atoms with E-state index in [1.807, 2.05) is 35.2 Å². The zero-order valence-corrected chi connectivity index (χ0v) is 18.7. The SMILES string of the molecule is COc1cc(OC)cc(C(=O)Nc2cccc(-c3cc4c(o3)CCN(C(=O)C3CC3)C4)c2)c1. The van der Waals surface area contributed by atoms with E-state index < -0.39 is 0 Å². The second kappa shape index (κ2) is 8.65. The van der Waals surface area contributed by atoms with Crippen LogP contribution in [0.15, 0.2) is 52.9 Å². The molecule has 1 aliphatic heterocycles. The molecule has 2 aliphatic rings. The van der Waals surface area contributed by atoms with Crippen LogP contribution in [0.4, 0.5) is 5.69 Å². The lowest BCUT2D eigenvalue weighted by Gasteiger charge is -2.26. The van der Waals surface area contributed by atoms with Crippen molar-refractivity contribution in [3.8, 4) is 22.8 Å². The highest BCUT2D eigenvalue weighted by molar-refractivity contribution is 6.05. The maximum Gasteiger partial charge on any atom is 0.255 e. The van der Waals surface area contributed by atoms with Crippen molar-refractivity contribution in [3.05, 3.63) is 65.4 Å². The summed E-state index contributed by atoms with van der Waals surface area (Å²) >= 11 is 0. The number of carbonyl (C=O) groups is 2. The third kappa shape index (κ3) is 4.44. The number of anilines is 1. The molecule has 170 valence electrons. The number of rotatable bonds is 6. The van der Waals surface area contributed by atoms with Gasteiger partial charge in [0.15, 0.2) is 0 Å². The first-order valence-corrected chi connectivity index (χ1v) is 11.1. The molecule has 5 rings (SSSR count). The zero-order chi connectivity index (χ0) is 22.9. The van der Waals surface area contributed by atoms with Crippen LogP contribution in [0, 0.1) is 5.92 Å². The Hall–Kier alpha value is -3.74. The van der Waals surface area contributed by atoms with Gasteiger partial charge in [-0.15, -0.1) is 0 Å². The van der Waals surface area contributed by atoms with Crippen molar-refractivity contribution < 1.29 is 23.5 Å². The van der Waals surface area contributed by atoms with Crippen molar-refractivity contribution in [2.24, 2.45) is 5.92 Å². The number of amides is 2. The number of ether oxygens (including phenoxy) is 2. The molecule has 1 N–H and O–H groups in total. The molecule has 1 aromatic heterocycles. The summed E-state index contributed by atoms with van der Waals surface area (Å²) in [7, 11) is 3.09. The molecule has 0 radical (unpaired) electrons. The van der Waals surface area contributed by atoms with E-state index in [0.29, 0.717) is 35.8 Å². The highest BCUT2D eigenvalue weighted by Crippen LogP contribution is 2.35. The first kappa shape index (κ1) is 21.1. The van der Waals surface area contributed by atoms with E-state index in [9.17, 15) is 9.59 Å². The molecule has 1 saturated carbocycles. The normalized spacial score (nSPS) is 15.0. The number of carbonyl (C=O) groups excluding carboxylic acids is 2. The quantitative estimate of drug-likeness (QED) is 0.603. The Balaban J connectivity index is 1.33. The lowest BCUT2D eigenvalue weighted by atomic mass is 10.1. The van der Waals surface area contributed by atoms with Gasteiger partial charge in [0.25, 0.3) is 5.91 Å². The molecule has 2 heterocycles. The predicted octanol–water partition coefficient (Wildman–Crippen LogP) is 4.51. The minimum absolute atomic E-state index is 0.225. The van der Waals surface area contributed by atoms with E-state index in [2.05, 4.69) is 5.32 Å². The minimum atomic E-state index is -0.266. The summed E-state index contributed by atoms with van der Waals surface area (Å²) in [6.45, 7) is 1.30. The number of nitrogens with one attached hydrogen (secondary N) is 1. The molecular weight excluding hydrogens is 420 g/mol. The van der Waals surface area contributed by atoms with Crippen molar-refractivity contribution in [3.63, 3.8) is 0 Å². The topological polar surface area (TPSA) is 81.0 Å². The highest BCUT2D eigenvalue weighted by Gasteiger charge is 2.35. The molecule has 1 aliphatic carbocycles. The van der Waals surface area contributed by atoms with Gasteiger partial charge in [0.2, 0.25) is 5.91 Å². The summed E-state index contributed by atoms with van der Waals surface area (Å²) in [5.74, 6) is 2.98. The van der Waals surface area contributed by atoms with E-state index in [-0.39, 0.29) is 17.7 Å². The number of fused-ring (bicyclic) bond motifs is 1. The number of hydrogen-bond donors (Lipinski definition) is 1. The van der Waals surface area contributed by atoms with Crippen LogP contribution in [-0.2, 0) is 17.8 Å². The van der Waals surface area contributed by atoms with Crippen LogP contribution < -0.4 is 14.8 Å². The van der Waals surface area contributed by atoms with Gasteiger partial charge in [0.1, 0.15) is 23.0 Å². The summed E-state index contributed by atoms with van der Waals surface area (Å²) < 4.78 is 16.6. The van der Waals surface area contributed by atoms with Gasteiger partial charge in [0.05, 0.1) is 14.2 Å². The van der Waals surface area contributed by atoms with E-state index in [1.54, 1.807) is 32.4 Å². The lowest BCUT2D eigenvalue weighted by Crippen LogP contribution is -2.36. The lowest BCUT2D eigenvalue weighted by molar-refractivity contribution is -0.133. The molecular formula is C26H26N2O5. The van der Waals surface area contributed by atoms with E-state index in [1.165, 1.54) is 0 Å². The first-order valence-electron chi connectivity index (χ1n) is 11.1. The van der Waals surface area contributed by atoms with Gasteiger partial charge in [-0.3, -0.25) is 9.59 Å². The molecule has 1 fully saturated rings. The minimum Gasteiger partial charge on any atom is -0.497 e. The van der Waals surface area contributed by atoms with Crippen LogP contribution >= 0.6 is 0 Å². The average Bonchev–Trinajstić information content (AvgIpc) is 3.61. The number of methoxy groups -OCH3 is 2. The fourth-order valence-electron chi connectivity index (χ4n) is 4.14. The summed E-state index contributed by atoms with van der Waals surface area (Å²) in [5.41, 5.74) is 3.01. The number of benzene rings is 2. The van der Waals surface area contributed by atoms with Crippen molar-refractivity contribution in [2.75, 3.05) is 26.1 Å². The van der Waals surface area contributed by atoms with Gasteiger partial charge in [-0.05, 0) is 43.2 Å². The van der Waals surface area contributed by atoms with E-state index >= 15 is 0 Å². The van der Waals surface area contributed by atoms with Gasteiger partial charge >= 0.3 is 0 Å². The summed E-state index contributed by atoms with van der Waals surface area (Å²) in [5, 5.41) is 2.93. The summed E-state index contributed by atoms with van der Waals surface area (Å²) in [6, 6.07) is 14.6. The van der Waals surface area contributed by atoms with Crippen LogP contribution in [0.3, 0.4) is 0 Å². The van der Waals surface area contributed by atoms with Gasteiger partial charge in [-0.1, -0.05) is 12.1 Å². The molecule has 2 amide bonds. The molecule has 7 nitrogen and oxygen atoms in total. The Morgan fingerprint density at radius 3 is 2.48 bits per heavy atom. The Kier molecular flexibility index (Phi) is 5.54. The third-order valence-electron chi connectivity index (χ3n) is 6.12. The maximum absolute atomic E-state index is 12.8. The molecule has 0 spiro atoms. The monoisotopic (exact) mass is 446 g/mol. The van der Waals surface area contributed by atoms with Crippen molar-refractivity contribution in [1.29, 1.82) is 0 Å². The summed E-state index contributed by atoms with van der Waals surface area (Å²) in [4.78, 5) is 27.2. The van der Waals surface area contributed by atoms with E-state index in [4.69, 9.17) is 13.9 Å². The first-order chi connectivity index (χ1) is 16.0. The van der Waals surface area contributed by atoms with Crippen LogP contribution in [0.25, 0.3) is 11.3 Å². The molecule has 7 heteroatoms. The third-order valence-corrected chi connectivity index (χ3v) is 6.12. The van der Waals surface area contributed by atoms with Crippen LogP contribution in [0.2, 0.25) is 0 Å². The Bertz CT molecular complexity index is 1190. The van der Waals surface area contributed by atoms with Crippen molar-refractivity contribution in [2.45, 2.75) is 25.8 Å². The van der Waals surface area contributed by atoms with Crippen LogP contribution in [0.5, 0.6) is 11.5 Å². The standard InChI is InChI=1S/C26H26N2O5/c1-31-21-11-18(12-22(14-21)32-2)25(29)27-20-5-3-4-17(10-20)24-13-19-15-28(9-8-23(19)33-24)26(30)16-6-7-16/h3-5,10-14,16H,6-9,15H2,1-2H3,(H,27,29). The molecule has 2 aromatic carbocycles. The van der Waals surface area contributed by atoms with Gasteiger partial charge in [0, 0.05) is 53.9 Å². The fourth-order valence-corrected chi connectivity index (χ4v) is 4.14. The highest BCUT2D eigenvalue weighted by atomic mass is 16.5. The number of furan rings is 1. The van der Waals surface area contributed by atoms with Gasteiger partial charge in [-0.2, -0.15) is 0 Å². The van der Waals surface area contributed by atoms with Crippen molar-refractivity contribution in [1.82, 2.24) is 4.90 Å². The number of nitrogens with zero attached hydrogens (tertiary/aromatic N) is 1. The molecule has 0 unspecified atom stereocenters. The second-order valence-corrected chi connectivity index (χ2v) is 8.48. The van der Waals surface area contributed by atoms with Gasteiger partial charge in [-0.25, -0.2) is 0 Å². The Morgan fingerprint density at radius 1 is 1.03 bits per heavy atom. The molecule has 0 atom stereocenters. The van der Waals surface area contributed by atoms with Crippen molar-refractivity contribution >= 4 is 17.5 Å². The van der Waals surface area contributed by atoms with E-state index in [0.717, 1.165) is 41.9 Å². The smallest absolute Gasteiger partial charge is 0.255 e. The predicted molar refractivity (Wildman–Crippen MR) is 123 cm³/mol. The molecule has 0 bridgehead atoms. The van der Waals surface area contributed by atoms with Crippen LogP contribution in [-0.4, -0.2) is 37.5 Å². The molecule has 0 saturated heterocycles. The zero-order valence-electron chi connectivity index (χ0n) is 18.7. The second-order valence-electron chi connectivity index (χ2n) is 8.48. The van der Waals surface area contributed by atoms with Crippen LogP contribution in [0.1, 0.15) is 34.5 Å². The Labute approximate surface area is 192 Å². The molecule has 33 heavy (non-hydrogen) atoms. The average molecular weight is 447 g/mol. The maximum atomic E-state index is 12.8. The number of hydrogen-bond acceptors (Lipinski definition) is 5. The Morgan fingerprint density at radius 2 is 1.79 bits per heavy atom. The fraction of sp³-hybridized carbons (Fsp3) is 0.308.